The van der Waals surface area contributed by atoms with Crippen molar-refractivity contribution < 1.29 is 9.13 Å². The van der Waals surface area contributed by atoms with Gasteiger partial charge in [0, 0.05) is 6.07 Å². The third-order valence-corrected chi connectivity index (χ3v) is 3.39. The summed E-state index contributed by atoms with van der Waals surface area (Å²) in [4.78, 5) is 0. The van der Waals surface area contributed by atoms with Gasteiger partial charge in [0.05, 0.1) is 4.47 Å². The summed E-state index contributed by atoms with van der Waals surface area (Å²) in [5.41, 5.74) is 7.78. The Morgan fingerprint density at radius 3 is 2.68 bits per heavy atom. The Balaban J connectivity index is 2.29. The molecule has 0 heterocycles. The number of rotatable bonds is 4. The van der Waals surface area contributed by atoms with E-state index in [1.807, 2.05) is 25.1 Å². The molecule has 19 heavy (non-hydrogen) atoms. The molecular weight excluding hydrogens is 309 g/mol. The molecule has 0 spiro atoms. The summed E-state index contributed by atoms with van der Waals surface area (Å²) in [6, 6.07) is 10.6. The number of aryl methyl sites for hydroxylation is 1. The largest absolute Gasteiger partial charge is 0.457 e. The molecule has 2 aromatic carbocycles. The van der Waals surface area contributed by atoms with Crippen LogP contribution in [0.4, 0.5) is 4.39 Å². The first-order valence-corrected chi connectivity index (χ1v) is 6.82. The summed E-state index contributed by atoms with van der Waals surface area (Å²) < 4.78 is 19.6. The Labute approximate surface area is 120 Å². The Morgan fingerprint density at radius 2 is 2.00 bits per heavy atom. The van der Waals surface area contributed by atoms with Crippen LogP contribution < -0.4 is 10.5 Å². The van der Waals surface area contributed by atoms with Gasteiger partial charge in [-0.05, 0) is 59.6 Å². The van der Waals surface area contributed by atoms with Crippen LogP contribution in [0.3, 0.4) is 0 Å². The molecule has 0 saturated heterocycles. The zero-order valence-corrected chi connectivity index (χ0v) is 12.2. The lowest BCUT2D eigenvalue weighted by Crippen LogP contribution is -2.04. The first-order valence-electron chi connectivity index (χ1n) is 6.02. The normalized spacial score (nSPS) is 10.5. The summed E-state index contributed by atoms with van der Waals surface area (Å²) in [6.07, 6.45) is 0.732. The van der Waals surface area contributed by atoms with Crippen molar-refractivity contribution in [3.05, 3.63) is 57.8 Å². The van der Waals surface area contributed by atoms with Crippen molar-refractivity contribution in [2.45, 2.75) is 13.3 Å². The zero-order valence-electron chi connectivity index (χ0n) is 10.6. The average Bonchev–Trinajstić information content (AvgIpc) is 2.37. The molecule has 0 saturated carbocycles. The van der Waals surface area contributed by atoms with Crippen LogP contribution in [-0.2, 0) is 6.42 Å². The molecule has 0 bridgehead atoms. The van der Waals surface area contributed by atoms with Gasteiger partial charge in [0.15, 0.2) is 0 Å². The van der Waals surface area contributed by atoms with Crippen LogP contribution in [0.15, 0.2) is 40.9 Å². The second-order valence-electron chi connectivity index (χ2n) is 4.33. The fraction of sp³-hybridized carbons (Fsp3) is 0.200. The fourth-order valence-corrected chi connectivity index (χ4v) is 2.07. The highest BCUT2D eigenvalue weighted by molar-refractivity contribution is 9.10. The highest BCUT2D eigenvalue weighted by atomic mass is 79.9. The van der Waals surface area contributed by atoms with Crippen LogP contribution in [0.2, 0.25) is 0 Å². The van der Waals surface area contributed by atoms with E-state index < -0.39 is 0 Å². The van der Waals surface area contributed by atoms with Gasteiger partial charge in [0.2, 0.25) is 0 Å². The topological polar surface area (TPSA) is 35.2 Å². The Morgan fingerprint density at radius 1 is 1.21 bits per heavy atom. The van der Waals surface area contributed by atoms with E-state index in [9.17, 15) is 4.39 Å². The summed E-state index contributed by atoms with van der Waals surface area (Å²) in [6.45, 7) is 2.57. The van der Waals surface area contributed by atoms with E-state index in [0.717, 1.165) is 23.3 Å². The highest BCUT2D eigenvalue weighted by Crippen LogP contribution is 2.29. The second-order valence-corrected chi connectivity index (χ2v) is 5.18. The molecule has 0 aliphatic carbocycles. The van der Waals surface area contributed by atoms with Crippen molar-refractivity contribution in [1.82, 2.24) is 0 Å². The van der Waals surface area contributed by atoms with Crippen molar-refractivity contribution >= 4 is 15.9 Å². The first-order chi connectivity index (χ1) is 9.10. The predicted molar refractivity (Wildman–Crippen MR) is 78.1 cm³/mol. The smallest absolute Gasteiger partial charge is 0.141 e. The van der Waals surface area contributed by atoms with E-state index >= 15 is 0 Å². The van der Waals surface area contributed by atoms with Gasteiger partial charge in [0.25, 0.3) is 0 Å². The Kier molecular flexibility index (Phi) is 4.56. The monoisotopic (exact) mass is 323 g/mol. The number of hydrogen-bond acceptors (Lipinski definition) is 2. The van der Waals surface area contributed by atoms with E-state index in [1.165, 1.54) is 6.07 Å². The van der Waals surface area contributed by atoms with E-state index in [1.54, 1.807) is 12.1 Å². The van der Waals surface area contributed by atoms with E-state index in [0.29, 0.717) is 16.8 Å². The number of halogens is 2. The second kappa shape index (κ2) is 6.17. The van der Waals surface area contributed by atoms with Crippen LogP contribution >= 0.6 is 15.9 Å². The van der Waals surface area contributed by atoms with Gasteiger partial charge >= 0.3 is 0 Å². The quantitative estimate of drug-likeness (QED) is 0.915. The number of nitrogens with two attached hydrogens (primary N) is 1. The molecule has 0 fully saturated rings. The van der Waals surface area contributed by atoms with Crippen molar-refractivity contribution in [1.29, 1.82) is 0 Å². The SMILES string of the molecule is Cc1ccc(Oc2ccc(Br)c(F)c2)c(CCN)c1. The lowest BCUT2D eigenvalue weighted by atomic mass is 10.1. The van der Waals surface area contributed by atoms with Gasteiger partial charge in [-0.2, -0.15) is 0 Å². The fourth-order valence-electron chi connectivity index (χ4n) is 1.83. The number of ether oxygens (including phenoxy) is 1. The molecule has 0 aromatic heterocycles. The van der Waals surface area contributed by atoms with Crippen molar-refractivity contribution in [2.75, 3.05) is 6.54 Å². The Bertz CT molecular complexity index is 586. The van der Waals surface area contributed by atoms with Gasteiger partial charge in [-0.15, -0.1) is 0 Å². The van der Waals surface area contributed by atoms with Crippen LogP contribution in [0.5, 0.6) is 11.5 Å². The van der Waals surface area contributed by atoms with Crippen LogP contribution in [0.1, 0.15) is 11.1 Å². The van der Waals surface area contributed by atoms with Gasteiger partial charge in [-0.1, -0.05) is 17.7 Å². The molecule has 0 amide bonds. The standard InChI is InChI=1S/C15H15BrFNO/c1-10-2-5-15(11(8-10)6-7-18)19-12-3-4-13(16)14(17)9-12/h2-5,8-9H,6-7,18H2,1H3. The highest BCUT2D eigenvalue weighted by Gasteiger charge is 2.07. The lowest BCUT2D eigenvalue weighted by Gasteiger charge is -2.12. The van der Waals surface area contributed by atoms with Gasteiger partial charge in [-0.25, -0.2) is 4.39 Å². The molecule has 2 aromatic rings. The van der Waals surface area contributed by atoms with Crippen molar-refractivity contribution in [3.63, 3.8) is 0 Å². The number of benzene rings is 2. The maximum atomic E-state index is 13.4. The minimum Gasteiger partial charge on any atom is -0.457 e. The third kappa shape index (κ3) is 3.55. The zero-order chi connectivity index (χ0) is 13.8. The van der Waals surface area contributed by atoms with E-state index in [2.05, 4.69) is 15.9 Å². The number of hydrogen-bond donors (Lipinski definition) is 1. The maximum Gasteiger partial charge on any atom is 0.141 e. The summed E-state index contributed by atoms with van der Waals surface area (Å²) in [5, 5.41) is 0. The molecule has 0 radical (unpaired) electrons. The molecule has 2 nitrogen and oxygen atoms in total. The predicted octanol–water partition coefficient (Wildman–Crippen LogP) is 4.19. The minimum atomic E-state index is -0.343. The molecule has 0 aliphatic heterocycles. The Hall–Kier alpha value is -1.39. The average molecular weight is 324 g/mol. The van der Waals surface area contributed by atoms with Gasteiger partial charge in [0.1, 0.15) is 17.3 Å². The summed E-state index contributed by atoms with van der Waals surface area (Å²) >= 11 is 3.12. The maximum absolute atomic E-state index is 13.4. The first kappa shape index (κ1) is 14.0. The molecule has 0 unspecified atom stereocenters. The molecule has 100 valence electrons. The molecule has 2 N–H and O–H groups in total. The van der Waals surface area contributed by atoms with Crippen LogP contribution in [-0.4, -0.2) is 6.54 Å². The van der Waals surface area contributed by atoms with Crippen LogP contribution in [0, 0.1) is 12.7 Å². The van der Waals surface area contributed by atoms with Gasteiger partial charge < -0.3 is 10.5 Å². The van der Waals surface area contributed by atoms with Gasteiger partial charge in [-0.3, -0.25) is 0 Å². The van der Waals surface area contributed by atoms with E-state index in [-0.39, 0.29) is 5.82 Å². The minimum absolute atomic E-state index is 0.343. The van der Waals surface area contributed by atoms with Crippen LogP contribution in [0.25, 0.3) is 0 Å². The molecular formula is C15H15BrFNO. The molecule has 0 aliphatic rings. The summed E-state index contributed by atoms with van der Waals surface area (Å²) in [5.74, 6) is 0.852. The molecule has 4 heteroatoms. The third-order valence-electron chi connectivity index (χ3n) is 2.75. The molecule has 2 rings (SSSR count). The summed E-state index contributed by atoms with van der Waals surface area (Å²) in [7, 11) is 0. The van der Waals surface area contributed by atoms with E-state index in [4.69, 9.17) is 10.5 Å². The van der Waals surface area contributed by atoms with Crippen molar-refractivity contribution in [2.24, 2.45) is 5.73 Å². The lowest BCUT2D eigenvalue weighted by molar-refractivity contribution is 0.470. The van der Waals surface area contributed by atoms with Crippen molar-refractivity contribution in [3.8, 4) is 11.5 Å². The molecule has 0 atom stereocenters.